The largest absolute Gasteiger partial charge is 0.497 e. The molecule has 0 radical (unpaired) electrons. The van der Waals surface area contributed by atoms with E-state index >= 15 is 0 Å². The molecule has 2 heterocycles. The van der Waals surface area contributed by atoms with Crippen molar-refractivity contribution in [1.82, 2.24) is 14.5 Å². The third kappa shape index (κ3) is 2.50. The van der Waals surface area contributed by atoms with E-state index in [4.69, 9.17) is 9.47 Å². The third-order valence-corrected chi connectivity index (χ3v) is 3.45. The topological polar surface area (TPSA) is 66.2 Å². The van der Waals surface area contributed by atoms with Crippen molar-refractivity contribution in [3.05, 3.63) is 58.9 Å². The second-order valence-electron chi connectivity index (χ2n) is 4.75. The van der Waals surface area contributed by atoms with Gasteiger partial charge in [-0.2, -0.15) is 0 Å². The predicted molar refractivity (Wildman–Crippen MR) is 82.4 cm³/mol. The smallest absolute Gasteiger partial charge is 0.263 e. The molecule has 3 aromatic rings. The van der Waals surface area contributed by atoms with Gasteiger partial charge >= 0.3 is 0 Å². The van der Waals surface area contributed by atoms with Crippen LogP contribution in [0.15, 0.2) is 47.8 Å². The van der Waals surface area contributed by atoms with Crippen molar-refractivity contribution in [3.8, 4) is 11.5 Å². The first kappa shape index (κ1) is 14.1. The molecule has 0 amide bonds. The van der Waals surface area contributed by atoms with E-state index in [9.17, 15) is 4.79 Å². The van der Waals surface area contributed by atoms with Gasteiger partial charge in [-0.1, -0.05) is 0 Å². The minimum atomic E-state index is -0.136. The van der Waals surface area contributed by atoms with Crippen LogP contribution in [0.1, 0.15) is 5.56 Å². The quantitative estimate of drug-likeness (QED) is 0.735. The highest BCUT2D eigenvalue weighted by atomic mass is 16.5. The van der Waals surface area contributed by atoms with Crippen LogP contribution in [0.25, 0.3) is 10.9 Å². The van der Waals surface area contributed by atoms with E-state index in [0.717, 1.165) is 5.56 Å². The maximum absolute atomic E-state index is 12.5. The zero-order valence-electron chi connectivity index (χ0n) is 12.3. The zero-order valence-corrected chi connectivity index (χ0v) is 12.3. The monoisotopic (exact) mass is 297 g/mol. The Bertz CT molecular complexity index is 874. The van der Waals surface area contributed by atoms with Crippen molar-refractivity contribution in [3.63, 3.8) is 0 Å². The number of benzene rings is 1. The molecule has 2 aromatic heterocycles. The SMILES string of the molecule is COc1ccc(OC)c(Cn2cnc3ccncc3c2=O)c1. The summed E-state index contributed by atoms with van der Waals surface area (Å²) in [6.45, 7) is 0.344. The van der Waals surface area contributed by atoms with Crippen LogP contribution in [0.4, 0.5) is 0 Å². The van der Waals surface area contributed by atoms with Gasteiger partial charge in [0.2, 0.25) is 0 Å². The summed E-state index contributed by atoms with van der Waals surface area (Å²) >= 11 is 0. The van der Waals surface area contributed by atoms with Crippen LogP contribution in [0, 0.1) is 0 Å². The summed E-state index contributed by atoms with van der Waals surface area (Å²) in [5, 5.41) is 0.492. The van der Waals surface area contributed by atoms with Crippen LogP contribution >= 0.6 is 0 Å². The van der Waals surface area contributed by atoms with Crippen LogP contribution in [0.3, 0.4) is 0 Å². The van der Waals surface area contributed by atoms with Gasteiger partial charge in [0.05, 0.1) is 38.0 Å². The maximum atomic E-state index is 12.5. The summed E-state index contributed by atoms with van der Waals surface area (Å²) in [6.07, 6.45) is 4.68. The second kappa shape index (κ2) is 5.85. The van der Waals surface area contributed by atoms with Gasteiger partial charge in [0, 0.05) is 18.0 Å². The van der Waals surface area contributed by atoms with E-state index in [2.05, 4.69) is 9.97 Å². The Morgan fingerprint density at radius 2 is 2.05 bits per heavy atom. The fourth-order valence-corrected chi connectivity index (χ4v) is 2.31. The van der Waals surface area contributed by atoms with E-state index in [0.29, 0.717) is 28.9 Å². The van der Waals surface area contributed by atoms with Crippen molar-refractivity contribution in [2.45, 2.75) is 6.54 Å². The molecule has 0 atom stereocenters. The van der Waals surface area contributed by atoms with Gasteiger partial charge in [0.15, 0.2) is 0 Å². The molecule has 0 aliphatic heterocycles. The summed E-state index contributed by atoms with van der Waals surface area (Å²) in [6, 6.07) is 7.19. The molecule has 0 saturated heterocycles. The van der Waals surface area contributed by atoms with Crippen molar-refractivity contribution in [2.24, 2.45) is 0 Å². The lowest BCUT2D eigenvalue weighted by atomic mass is 10.2. The summed E-state index contributed by atoms with van der Waals surface area (Å²) in [4.78, 5) is 20.8. The average molecular weight is 297 g/mol. The zero-order chi connectivity index (χ0) is 15.5. The van der Waals surface area contributed by atoms with Gasteiger partial charge < -0.3 is 9.47 Å². The maximum Gasteiger partial charge on any atom is 0.263 e. The highest BCUT2D eigenvalue weighted by Gasteiger charge is 2.09. The van der Waals surface area contributed by atoms with Crippen molar-refractivity contribution in [1.29, 1.82) is 0 Å². The molecule has 112 valence electrons. The highest BCUT2D eigenvalue weighted by Crippen LogP contribution is 2.24. The summed E-state index contributed by atoms with van der Waals surface area (Å²) in [5.74, 6) is 1.40. The Labute approximate surface area is 127 Å². The number of nitrogens with zero attached hydrogens (tertiary/aromatic N) is 3. The molecule has 0 unspecified atom stereocenters. The average Bonchev–Trinajstić information content (AvgIpc) is 2.57. The minimum absolute atomic E-state index is 0.136. The Balaban J connectivity index is 2.07. The first-order valence-electron chi connectivity index (χ1n) is 6.73. The Morgan fingerprint density at radius 1 is 1.18 bits per heavy atom. The lowest BCUT2D eigenvalue weighted by Crippen LogP contribution is -2.21. The van der Waals surface area contributed by atoms with E-state index in [1.165, 1.54) is 17.1 Å². The number of hydrogen-bond acceptors (Lipinski definition) is 5. The van der Waals surface area contributed by atoms with Gasteiger partial charge in [-0.3, -0.25) is 14.3 Å². The normalized spacial score (nSPS) is 10.6. The van der Waals surface area contributed by atoms with Crippen LogP contribution < -0.4 is 15.0 Å². The molecule has 1 aromatic carbocycles. The van der Waals surface area contributed by atoms with Crippen LogP contribution in [-0.2, 0) is 6.54 Å². The van der Waals surface area contributed by atoms with Crippen molar-refractivity contribution in [2.75, 3.05) is 14.2 Å². The molecule has 3 rings (SSSR count). The molecule has 0 fully saturated rings. The molecule has 0 saturated carbocycles. The van der Waals surface area contributed by atoms with E-state index < -0.39 is 0 Å². The van der Waals surface area contributed by atoms with E-state index in [1.807, 2.05) is 18.2 Å². The van der Waals surface area contributed by atoms with E-state index in [1.54, 1.807) is 26.5 Å². The summed E-state index contributed by atoms with van der Waals surface area (Å²) < 4.78 is 12.1. The number of hydrogen-bond donors (Lipinski definition) is 0. The molecule has 6 nitrogen and oxygen atoms in total. The van der Waals surface area contributed by atoms with Gasteiger partial charge in [0.1, 0.15) is 11.5 Å². The Morgan fingerprint density at radius 3 is 2.82 bits per heavy atom. The Hall–Kier alpha value is -2.89. The lowest BCUT2D eigenvalue weighted by Gasteiger charge is -2.12. The van der Waals surface area contributed by atoms with Crippen LogP contribution in [0.2, 0.25) is 0 Å². The van der Waals surface area contributed by atoms with Gasteiger partial charge in [-0.25, -0.2) is 4.98 Å². The van der Waals surface area contributed by atoms with Gasteiger partial charge in [0.25, 0.3) is 5.56 Å². The lowest BCUT2D eigenvalue weighted by molar-refractivity contribution is 0.397. The summed E-state index contributed by atoms with van der Waals surface area (Å²) in [5.41, 5.74) is 1.34. The fraction of sp³-hybridized carbons (Fsp3) is 0.188. The molecule has 0 bridgehead atoms. The molecule has 0 spiro atoms. The predicted octanol–water partition coefficient (Wildman–Crippen LogP) is 1.86. The van der Waals surface area contributed by atoms with Crippen LogP contribution in [0.5, 0.6) is 11.5 Å². The fourth-order valence-electron chi connectivity index (χ4n) is 2.31. The number of ether oxygens (including phenoxy) is 2. The molecule has 0 aliphatic carbocycles. The molecular formula is C16H15N3O3. The van der Waals surface area contributed by atoms with E-state index in [-0.39, 0.29) is 5.56 Å². The Kier molecular flexibility index (Phi) is 3.74. The van der Waals surface area contributed by atoms with Gasteiger partial charge in [-0.15, -0.1) is 0 Å². The number of aromatic nitrogens is 3. The first-order valence-corrected chi connectivity index (χ1v) is 6.73. The number of fused-ring (bicyclic) bond motifs is 1. The van der Waals surface area contributed by atoms with Gasteiger partial charge in [-0.05, 0) is 24.3 Å². The first-order chi connectivity index (χ1) is 10.7. The number of pyridine rings is 1. The molecular weight excluding hydrogens is 282 g/mol. The highest BCUT2D eigenvalue weighted by molar-refractivity contribution is 5.75. The summed E-state index contributed by atoms with van der Waals surface area (Å²) in [7, 11) is 3.19. The standard InChI is InChI=1S/C16H15N3O3/c1-21-12-3-4-15(22-2)11(7-12)9-19-10-18-14-5-6-17-8-13(14)16(19)20/h3-8,10H,9H2,1-2H3. The molecule has 22 heavy (non-hydrogen) atoms. The minimum Gasteiger partial charge on any atom is -0.497 e. The molecule has 0 N–H and O–H groups in total. The molecule has 0 aliphatic rings. The molecule has 6 heteroatoms. The number of rotatable bonds is 4. The second-order valence-corrected chi connectivity index (χ2v) is 4.75. The third-order valence-electron chi connectivity index (χ3n) is 3.45. The van der Waals surface area contributed by atoms with Crippen molar-refractivity contribution < 1.29 is 9.47 Å². The van der Waals surface area contributed by atoms with Crippen LogP contribution in [-0.4, -0.2) is 28.8 Å². The van der Waals surface area contributed by atoms with Crippen molar-refractivity contribution >= 4 is 10.9 Å². The number of methoxy groups -OCH3 is 2.